The molecular formula is C15H18N4O. The molecule has 20 heavy (non-hydrogen) atoms. The predicted octanol–water partition coefficient (Wildman–Crippen LogP) is 2.20. The lowest BCUT2D eigenvalue weighted by Gasteiger charge is -2.14. The quantitative estimate of drug-likeness (QED) is 0.795. The van der Waals surface area contributed by atoms with E-state index in [9.17, 15) is 4.79 Å². The maximum Gasteiger partial charge on any atom is 0.269 e. The average molecular weight is 270 g/mol. The van der Waals surface area contributed by atoms with E-state index in [2.05, 4.69) is 15.6 Å². The Balaban J connectivity index is 2.29. The van der Waals surface area contributed by atoms with Crippen LogP contribution in [0.5, 0.6) is 0 Å². The molecule has 0 aliphatic heterocycles. The molecule has 0 saturated heterocycles. The summed E-state index contributed by atoms with van der Waals surface area (Å²) in [6.07, 6.45) is 1.60. The van der Waals surface area contributed by atoms with E-state index in [0.29, 0.717) is 5.69 Å². The summed E-state index contributed by atoms with van der Waals surface area (Å²) in [4.78, 5) is 15.6. The van der Waals surface area contributed by atoms with Crippen LogP contribution in [-0.4, -0.2) is 17.9 Å². The van der Waals surface area contributed by atoms with Crippen LogP contribution in [0.4, 0.5) is 11.4 Å². The molecule has 0 aliphatic rings. The minimum Gasteiger partial charge on any atom is -0.355 e. The summed E-state index contributed by atoms with van der Waals surface area (Å²) in [6, 6.07) is 11.3. The lowest BCUT2D eigenvalue weighted by molar-refractivity contribution is 0.0958. The van der Waals surface area contributed by atoms with Crippen molar-refractivity contribution in [2.75, 3.05) is 12.4 Å². The molecule has 5 heteroatoms. The zero-order valence-corrected chi connectivity index (χ0v) is 11.6. The average Bonchev–Trinajstić information content (AvgIpc) is 2.47. The van der Waals surface area contributed by atoms with Crippen molar-refractivity contribution in [1.82, 2.24) is 10.3 Å². The molecular weight excluding hydrogens is 252 g/mol. The number of nitrogens with zero attached hydrogens (tertiary/aromatic N) is 1. The van der Waals surface area contributed by atoms with E-state index in [1.165, 1.54) is 0 Å². The number of para-hydroxylation sites is 1. The van der Waals surface area contributed by atoms with Crippen LogP contribution >= 0.6 is 0 Å². The van der Waals surface area contributed by atoms with Gasteiger partial charge in [-0.3, -0.25) is 9.78 Å². The number of amides is 1. The van der Waals surface area contributed by atoms with Gasteiger partial charge in [0, 0.05) is 30.7 Å². The van der Waals surface area contributed by atoms with Gasteiger partial charge in [0.15, 0.2) is 0 Å². The fourth-order valence-electron chi connectivity index (χ4n) is 1.92. The number of carbonyl (C=O) groups excluding carboxylic acids is 1. The van der Waals surface area contributed by atoms with E-state index in [0.717, 1.165) is 16.9 Å². The van der Waals surface area contributed by atoms with Gasteiger partial charge < -0.3 is 16.4 Å². The smallest absolute Gasteiger partial charge is 0.269 e. The van der Waals surface area contributed by atoms with Crippen LogP contribution in [-0.2, 0) is 0 Å². The van der Waals surface area contributed by atoms with Gasteiger partial charge in [-0.25, -0.2) is 0 Å². The van der Waals surface area contributed by atoms with Gasteiger partial charge >= 0.3 is 0 Å². The van der Waals surface area contributed by atoms with Gasteiger partial charge in [-0.2, -0.15) is 0 Å². The molecule has 1 aromatic heterocycles. The molecule has 0 fully saturated rings. The monoisotopic (exact) mass is 270 g/mol. The zero-order valence-electron chi connectivity index (χ0n) is 11.6. The van der Waals surface area contributed by atoms with Gasteiger partial charge in [-0.05, 0) is 30.7 Å². The third-order valence-corrected chi connectivity index (χ3v) is 2.95. The first-order chi connectivity index (χ1) is 9.61. The van der Waals surface area contributed by atoms with E-state index in [1.54, 1.807) is 19.3 Å². The molecule has 104 valence electrons. The van der Waals surface area contributed by atoms with E-state index in [4.69, 9.17) is 5.73 Å². The summed E-state index contributed by atoms with van der Waals surface area (Å²) in [7, 11) is 1.58. The van der Waals surface area contributed by atoms with Gasteiger partial charge in [0.1, 0.15) is 5.69 Å². The summed E-state index contributed by atoms with van der Waals surface area (Å²) in [5.74, 6) is -0.214. The molecule has 1 aromatic carbocycles. The molecule has 1 unspecified atom stereocenters. The lowest BCUT2D eigenvalue weighted by Crippen LogP contribution is -2.19. The third-order valence-electron chi connectivity index (χ3n) is 2.95. The second-order valence-electron chi connectivity index (χ2n) is 4.51. The summed E-state index contributed by atoms with van der Waals surface area (Å²) in [6.45, 7) is 1.93. The number of hydrogen-bond acceptors (Lipinski definition) is 4. The highest BCUT2D eigenvalue weighted by molar-refractivity contribution is 5.93. The van der Waals surface area contributed by atoms with Gasteiger partial charge in [0.05, 0.1) is 0 Å². The van der Waals surface area contributed by atoms with Crippen molar-refractivity contribution in [2.45, 2.75) is 13.0 Å². The number of benzene rings is 1. The highest BCUT2D eigenvalue weighted by Gasteiger charge is 2.08. The Hall–Kier alpha value is -2.40. The summed E-state index contributed by atoms with van der Waals surface area (Å²) < 4.78 is 0. The number of nitrogens with one attached hydrogen (secondary N) is 2. The Morgan fingerprint density at radius 3 is 2.75 bits per heavy atom. The molecule has 0 aliphatic carbocycles. The lowest BCUT2D eigenvalue weighted by atomic mass is 10.1. The van der Waals surface area contributed by atoms with Crippen molar-refractivity contribution in [3.05, 3.63) is 53.9 Å². The fourth-order valence-corrected chi connectivity index (χ4v) is 1.92. The summed E-state index contributed by atoms with van der Waals surface area (Å²) in [5.41, 5.74) is 9.07. The molecule has 1 atom stereocenters. The van der Waals surface area contributed by atoms with Crippen molar-refractivity contribution in [3.63, 3.8) is 0 Å². The van der Waals surface area contributed by atoms with Gasteiger partial charge in [-0.15, -0.1) is 0 Å². The SMILES string of the molecule is CNC(=O)c1cc(Nc2ccccc2C(C)N)ccn1. The number of aromatic nitrogens is 1. The maximum atomic E-state index is 11.6. The fraction of sp³-hybridized carbons (Fsp3) is 0.200. The molecule has 0 bridgehead atoms. The number of hydrogen-bond donors (Lipinski definition) is 3. The van der Waals surface area contributed by atoms with E-state index in [1.807, 2.05) is 37.3 Å². The molecule has 5 nitrogen and oxygen atoms in total. The predicted molar refractivity (Wildman–Crippen MR) is 80.0 cm³/mol. The van der Waals surface area contributed by atoms with Crippen molar-refractivity contribution < 1.29 is 4.79 Å². The Morgan fingerprint density at radius 2 is 2.05 bits per heavy atom. The Morgan fingerprint density at radius 1 is 1.30 bits per heavy atom. The second kappa shape index (κ2) is 6.16. The van der Waals surface area contributed by atoms with Crippen LogP contribution in [0.25, 0.3) is 0 Å². The van der Waals surface area contributed by atoms with Gasteiger partial charge in [0.25, 0.3) is 5.91 Å². The first-order valence-electron chi connectivity index (χ1n) is 6.41. The van der Waals surface area contributed by atoms with Gasteiger partial charge in [0.2, 0.25) is 0 Å². The van der Waals surface area contributed by atoms with Crippen LogP contribution in [0, 0.1) is 0 Å². The maximum absolute atomic E-state index is 11.6. The van der Waals surface area contributed by atoms with Crippen molar-refractivity contribution in [3.8, 4) is 0 Å². The standard InChI is InChI=1S/C15H18N4O/c1-10(16)12-5-3-4-6-13(12)19-11-7-8-18-14(9-11)15(20)17-2/h3-10H,16H2,1-2H3,(H,17,20)(H,18,19). The Kier molecular flexibility index (Phi) is 4.32. The van der Waals surface area contributed by atoms with E-state index >= 15 is 0 Å². The van der Waals surface area contributed by atoms with E-state index in [-0.39, 0.29) is 11.9 Å². The van der Waals surface area contributed by atoms with Gasteiger partial charge in [-0.1, -0.05) is 18.2 Å². The first-order valence-corrected chi connectivity index (χ1v) is 6.41. The van der Waals surface area contributed by atoms with Crippen LogP contribution < -0.4 is 16.4 Å². The van der Waals surface area contributed by atoms with Crippen molar-refractivity contribution in [2.24, 2.45) is 5.73 Å². The first kappa shape index (κ1) is 14.0. The minimum absolute atomic E-state index is 0.0704. The molecule has 1 heterocycles. The molecule has 1 amide bonds. The summed E-state index contributed by atoms with van der Waals surface area (Å²) in [5, 5.41) is 5.83. The Labute approximate surface area is 118 Å². The molecule has 0 spiro atoms. The number of carbonyl (C=O) groups is 1. The molecule has 0 saturated carbocycles. The second-order valence-corrected chi connectivity index (χ2v) is 4.51. The van der Waals surface area contributed by atoms with Crippen molar-refractivity contribution in [1.29, 1.82) is 0 Å². The highest BCUT2D eigenvalue weighted by atomic mass is 16.1. The van der Waals surface area contributed by atoms with Crippen LogP contribution in [0.2, 0.25) is 0 Å². The topological polar surface area (TPSA) is 80.0 Å². The van der Waals surface area contributed by atoms with Crippen molar-refractivity contribution >= 4 is 17.3 Å². The summed E-state index contributed by atoms with van der Waals surface area (Å²) >= 11 is 0. The minimum atomic E-state index is -0.214. The molecule has 0 radical (unpaired) electrons. The third kappa shape index (κ3) is 3.13. The number of anilines is 2. The van der Waals surface area contributed by atoms with E-state index < -0.39 is 0 Å². The highest BCUT2D eigenvalue weighted by Crippen LogP contribution is 2.24. The van der Waals surface area contributed by atoms with Crippen LogP contribution in [0.1, 0.15) is 29.0 Å². The normalized spacial score (nSPS) is 11.8. The number of nitrogens with two attached hydrogens (primary N) is 1. The molecule has 4 N–H and O–H groups in total. The number of rotatable bonds is 4. The largest absolute Gasteiger partial charge is 0.355 e. The zero-order chi connectivity index (χ0) is 14.5. The molecule has 2 aromatic rings. The molecule has 2 rings (SSSR count). The number of pyridine rings is 1. The van der Waals surface area contributed by atoms with Crippen LogP contribution in [0.3, 0.4) is 0 Å². The Bertz CT molecular complexity index is 610. The van der Waals surface area contributed by atoms with Crippen LogP contribution in [0.15, 0.2) is 42.6 Å².